The Hall–Kier alpha value is -3.15. The van der Waals surface area contributed by atoms with Gasteiger partial charge in [-0.25, -0.2) is 0 Å². The summed E-state index contributed by atoms with van der Waals surface area (Å²) in [5.74, 6) is -1.23. The molecule has 26 heavy (non-hydrogen) atoms. The van der Waals surface area contributed by atoms with E-state index in [0.717, 1.165) is 5.69 Å². The topological polar surface area (TPSA) is 86.7 Å². The molecule has 2 aromatic rings. The van der Waals surface area contributed by atoms with Crippen LogP contribution in [-0.4, -0.2) is 29.9 Å². The SMILES string of the molecule is CN(C(=O)c1cccc(NC(=O)CCCCC(=O)O)c1)c1ccccc1. The number of benzene rings is 2. The van der Waals surface area contributed by atoms with E-state index >= 15 is 0 Å². The molecule has 0 aliphatic rings. The van der Waals surface area contributed by atoms with E-state index in [1.165, 1.54) is 0 Å². The van der Waals surface area contributed by atoms with Gasteiger partial charge in [-0.05, 0) is 43.2 Å². The fourth-order valence-corrected chi connectivity index (χ4v) is 2.48. The van der Waals surface area contributed by atoms with Gasteiger partial charge in [-0.1, -0.05) is 24.3 Å². The maximum Gasteiger partial charge on any atom is 0.303 e. The zero-order chi connectivity index (χ0) is 18.9. The van der Waals surface area contributed by atoms with Crippen LogP contribution in [0.2, 0.25) is 0 Å². The number of rotatable bonds is 8. The first-order chi connectivity index (χ1) is 12.5. The number of hydrogen-bond acceptors (Lipinski definition) is 3. The van der Waals surface area contributed by atoms with E-state index in [1.807, 2.05) is 30.3 Å². The Labute approximate surface area is 152 Å². The molecule has 0 fully saturated rings. The van der Waals surface area contributed by atoms with Gasteiger partial charge in [0.2, 0.25) is 5.91 Å². The maximum absolute atomic E-state index is 12.6. The molecule has 0 atom stereocenters. The van der Waals surface area contributed by atoms with Gasteiger partial charge in [0, 0.05) is 36.8 Å². The molecule has 0 bridgehead atoms. The number of para-hydroxylation sites is 1. The minimum absolute atomic E-state index is 0.0586. The normalized spacial score (nSPS) is 10.2. The van der Waals surface area contributed by atoms with Crippen LogP contribution >= 0.6 is 0 Å². The lowest BCUT2D eigenvalue weighted by Gasteiger charge is -2.17. The van der Waals surface area contributed by atoms with Crippen LogP contribution in [0.3, 0.4) is 0 Å². The van der Waals surface area contributed by atoms with E-state index in [2.05, 4.69) is 5.32 Å². The number of hydrogen-bond donors (Lipinski definition) is 2. The van der Waals surface area contributed by atoms with Crippen molar-refractivity contribution in [2.24, 2.45) is 0 Å². The largest absolute Gasteiger partial charge is 0.481 e. The highest BCUT2D eigenvalue weighted by Crippen LogP contribution is 2.17. The fraction of sp³-hybridized carbons (Fsp3) is 0.250. The third-order valence-electron chi connectivity index (χ3n) is 3.89. The molecule has 0 aliphatic heterocycles. The average molecular weight is 354 g/mol. The number of amides is 2. The summed E-state index contributed by atoms with van der Waals surface area (Å²) in [7, 11) is 1.70. The van der Waals surface area contributed by atoms with Crippen LogP contribution in [0.25, 0.3) is 0 Å². The van der Waals surface area contributed by atoms with Gasteiger partial charge in [-0.2, -0.15) is 0 Å². The lowest BCUT2D eigenvalue weighted by Crippen LogP contribution is -2.26. The fourth-order valence-electron chi connectivity index (χ4n) is 2.48. The van der Waals surface area contributed by atoms with Crippen LogP contribution < -0.4 is 10.2 Å². The zero-order valence-electron chi connectivity index (χ0n) is 14.6. The maximum atomic E-state index is 12.6. The van der Waals surface area contributed by atoms with Crippen LogP contribution in [0.15, 0.2) is 54.6 Å². The molecule has 0 unspecified atom stereocenters. The molecular formula is C20H22N2O4. The second-order valence-corrected chi connectivity index (χ2v) is 5.93. The molecule has 2 amide bonds. The predicted molar refractivity (Wildman–Crippen MR) is 100 cm³/mol. The van der Waals surface area contributed by atoms with Crippen LogP contribution in [0.4, 0.5) is 11.4 Å². The second kappa shape index (κ2) is 9.36. The molecule has 6 nitrogen and oxygen atoms in total. The Balaban J connectivity index is 1.95. The Morgan fingerprint density at radius 1 is 0.962 bits per heavy atom. The van der Waals surface area contributed by atoms with Crippen molar-refractivity contribution in [1.82, 2.24) is 0 Å². The first-order valence-corrected chi connectivity index (χ1v) is 8.42. The minimum atomic E-state index is -0.862. The highest BCUT2D eigenvalue weighted by atomic mass is 16.4. The Morgan fingerprint density at radius 3 is 2.35 bits per heavy atom. The summed E-state index contributed by atoms with van der Waals surface area (Å²) < 4.78 is 0. The summed E-state index contributed by atoms with van der Waals surface area (Å²) in [6.45, 7) is 0. The third kappa shape index (κ3) is 5.73. The van der Waals surface area contributed by atoms with Crippen LogP contribution in [0.5, 0.6) is 0 Å². The van der Waals surface area contributed by atoms with E-state index in [0.29, 0.717) is 24.1 Å². The van der Waals surface area contributed by atoms with E-state index in [4.69, 9.17) is 5.11 Å². The molecule has 136 valence electrons. The molecule has 0 saturated heterocycles. The molecule has 0 heterocycles. The smallest absolute Gasteiger partial charge is 0.303 e. The standard InChI is InChI=1S/C20H22N2O4/c1-22(17-10-3-2-4-11-17)20(26)15-8-7-9-16(14-15)21-18(23)12-5-6-13-19(24)25/h2-4,7-11,14H,5-6,12-13H2,1H3,(H,21,23)(H,24,25). The first-order valence-electron chi connectivity index (χ1n) is 8.42. The van der Waals surface area contributed by atoms with Gasteiger partial charge < -0.3 is 15.3 Å². The van der Waals surface area contributed by atoms with Crippen LogP contribution in [0, 0.1) is 0 Å². The number of carbonyl (C=O) groups is 3. The molecule has 0 radical (unpaired) electrons. The van der Waals surface area contributed by atoms with Gasteiger partial charge in [0.25, 0.3) is 5.91 Å². The third-order valence-corrected chi connectivity index (χ3v) is 3.89. The molecule has 2 aromatic carbocycles. The van der Waals surface area contributed by atoms with Crippen molar-refractivity contribution in [1.29, 1.82) is 0 Å². The average Bonchev–Trinajstić information content (AvgIpc) is 2.65. The molecule has 0 saturated carbocycles. The van der Waals surface area contributed by atoms with E-state index < -0.39 is 5.97 Å². The number of nitrogens with one attached hydrogen (secondary N) is 1. The molecule has 6 heteroatoms. The second-order valence-electron chi connectivity index (χ2n) is 5.93. The highest BCUT2D eigenvalue weighted by Gasteiger charge is 2.14. The number of nitrogens with zero attached hydrogens (tertiary/aromatic N) is 1. The molecule has 0 spiro atoms. The summed E-state index contributed by atoms with van der Waals surface area (Å²) in [6, 6.07) is 16.1. The van der Waals surface area contributed by atoms with Gasteiger partial charge >= 0.3 is 5.97 Å². The summed E-state index contributed by atoms with van der Waals surface area (Å²) in [5, 5.41) is 11.3. The van der Waals surface area contributed by atoms with Gasteiger partial charge in [0.1, 0.15) is 0 Å². The summed E-state index contributed by atoms with van der Waals surface area (Å²) >= 11 is 0. The van der Waals surface area contributed by atoms with E-state index in [1.54, 1.807) is 36.2 Å². The molecular weight excluding hydrogens is 332 g/mol. The number of carbonyl (C=O) groups excluding carboxylic acids is 2. The van der Waals surface area contributed by atoms with Crippen LogP contribution in [-0.2, 0) is 9.59 Å². The summed E-state index contributed by atoms with van der Waals surface area (Å²) in [5.41, 5.74) is 1.80. The predicted octanol–water partition coefficient (Wildman–Crippen LogP) is 3.55. The van der Waals surface area contributed by atoms with Crippen molar-refractivity contribution in [3.05, 3.63) is 60.2 Å². The zero-order valence-corrected chi connectivity index (χ0v) is 14.6. The van der Waals surface area contributed by atoms with Crippen LogP contribution in [0.1, 0.15) is 36.0 Å². The molecule has 2 rings (SSSR count). The van der Waals surface area contributed by atoms with Crippen molar-refractivity contribution in [2.45, 2.75) is 25.7 Å². The van der Waals surface area contributed by atoms with Gasteiger partial charge in [0.15, 0.2) is 0 Å². The van der Waals surface area contributed by atoms with Crippen molar-refractivity contribution in [3.8, 4) is 0 Å². The molecule has 0 aliphatic carbocycles. The van der Waals surface area contributed by atoms with Crippen molar-refractivity contribution >= 4 is 29.2 Å². The number of carboxylic acid groups (broad SMARTS) is 1. The monoisotopic (exact) mass is 354 g/mol. The number of anilines is 2. The van der Waals surface area contributed by atoms with Crippen molar-refractivity contribution in [3.63, 3.8) is 0 Å². The molecule has 2 N–H and O–H groups in total. The van der Waals surface area contributed by atoms with Crippen molar-refractivity contribution < 1.29 is 19.5 Å². The first kappa shape index (κ1) is 19.2. The highest BCUT2D eigenvalue weighted by molar-refractivity contribution is 6.06. The summed E-state index contributed by atoms with van der Waals surface area (Å²) in [4.78, 5) is 36.6. The van der Waals surface area contributed by atoms with E-state index in [9.17, 15) is 14.4 Å². The molecule has 0 aromatic heterocycles. The van der Waals surface area contributed by atoms with Gasteiger partial charge in [-0.3, -0.25) is 14.4 Å². The minimum Gasteiger partial charge on any atom is -0.481 e. The number of aliphatic carboxylic acids is 1. The van der Waals surface area contributed by atoms with Gasteiger partial charge in [0.05, 0.1) is 0 Å². The Bertz CT molecular complexity index is 774. The number of unbranched alkanes of at least 4 members (excludes halogenated alkanes) is 1. The lowest BCUT2D eigenvalue weighted by molar-refractivity contribution is -0.137. The lowest BCUT2D eigenvalue weighted by atomic mass is 10.1. The Morgan fingerprint density at radius 2 is 1.65 bits per heavy atom. The summed E-state index contributed by atoms with van der Waals surface area (Å²) in [6.07, 6.45) is 1.27. The number of carboxylic acids is 1. The van der Waals surface area contributed by atoms with Gasteiger partial charge in [-0.15, -0.1) is 0 Å². The quantitative estimate of drug-likeness (QED) is 0.710. The van der Waals surface area contributed by atoms with Crippen molar-refractivity contribution in [2.75, 3.05) is 17.3 Å². The Kier molecular flexibility index (Phi) is 6.91. The van der Waals surface area contributed by atoms with E-state index in [-0.39, 0.29) is 24.7 Å².